The summed E-state index contributed by atoms with van der Waals surface area (Å²) in [6.45, 7) is 1.47. The van der Waals surface area contributed by atoms with Gasteiger partial charge in [0.25, 0.3) is 0 Å². The minimum absolute atomic E-state index is 0.0322. The van der Waals surface area contributed by atoms with E-state index in [1.165, 1.54) is 35.3 Å². The maximum atomic E-state index is 14.1. The number of nitrogens with two attached hydrogens (primary N) is 1. The molecule has 0 unspecified atom stereocenters. The molecule has 0 spiro atoms. The smallest absolute Gasteiger partial charge is 0.366 e. The van der Waals surface area contributed by atoms with Crippen molar-refractivity contribution in [2.24, 2.45) is 5.73 Å². The number of benzene rings is 2. The average Bonchev–Trinajstić information content (AvgIpc) is 3.39. The van der Waals surface area contributed by atoms with Crippen LogP contribution in [-0.4, -0.2) is 30.4 Å². The SMILES string of the molecule is [2H]Cc1ccc(C(N)=O)c(-c2cc(-n3cnc(C)c3)cc(C(F)(F)F)c2)c1Nc1nccc(-c2cccnc2)n1. The number of aromatic nitrogens is 5. The highest BCUT2D eigenvalue weighted by Gasteiger charge is 2.32. The molecule has 196 valence electrons. The highest BCUT2D eigenvalue weighted by molar-refractivity contribution is 6.04. The fourth-order valence-electron chi connectivity index (χ4n) is 4.13. The van der Waals surface area contributed by atoms with Crippen LogP contribution in [-0.2, 0) is 6.18 Å². The van der Waals surface area contributed by atoms with E-state index >= 15 is 0 Å². The summed E-state index contributed by atoms with van der Waals surface area (Å²) in [5.41, 5.74) is 7.53. The van der Waals surface area contributed by atoms with Gasteiger partial charge in [0.2, 0.25) is 11.9 Å². The lowest BCUT2D eigenvalue weighted by molar-refractivity contribution is -0.137. The molecule has 11 heteroatoms. The summed E-state index contributed by atoms with van der Waals surface area (Å²) in [6.07, 6.45) is 3.07. The number of aryl methyl sites for hydroxylation is 2. The van der Waals surface area contributed by atoms with Crippen molar-refractivity contribution in [2.75, 3.05) is 5.32 Å². The van der Waals surface area contributed by atoms with Crippen molar-refractivity contribution < 1.29 is 19.3 Å². The number of primary amides is 1. The molecule has 0 aliphatic heterocycles. The van der Waals surface area contributed by atoms with Crippen molar-refractivity contribution in [1.82, 2.24) is 24.5 Å². The number of carbonyl (C=O) groups is 1. The minimum Gasteiger partial charge on any atom is -0.366 e. The summed E-state index contributed by atoms with van der Waals surface area (Å²) in [7, 11) is 0. The number of nitrogens with one attached hydrogen (secondary N) is 1. The van der Waals surface area contributed by atoms with Crippen LogP contribution in [0.15, 0.2) is 79.6 Å². The number of hydrogen-bond acceptors (Lipinski definition) is 6. The molecule has 3 aromatic heterocycles. The summed E-state index contributed by atoms with van der Waals surface area (Å²) in [4.78, 5) is 29.5. The first kappa shape index (κ1) is 24.3. The van der Waals surface area contributed by atoms with Gasteiger partial charge in [0, 0.05) is 48.5 Å². The lowest BCUT2D eigenvalue weighted by atomic mass is 9.92. The normalized spacial score (nSPS) is 11.7. The topological polar surface area (TPSA) is 112 Å². The molecular formula is C28H22F3N7O. The summed E-state index contributed by atoms with van der Waals surface area (Å²) < 4.78 is 51.7. The molecule has 5 aromatic rings. The Morgan fingerprint density at radius 3 is 2.59 bits per heavy atom. The molecule has 0 radical (unpaired) electrons. The van der Waals surface area contributed by atoms with E-state index in [1.54, 1.807) is 37.6 Å². The van der Waals surface area contributed by atoms with Crippen molar-refractivity contribution >= 4 is 17.5 Å². The van der Waals surface area contributed by atoms with Gasteiger partial charge < -0.3 is 15.6 Å². The van der Waals surface area contributed by atoms with Gasteiger partial charge in [-0.2, -0.15) is 13.2 Å². The predicted molar refractivity (Wildman–Crippen MR) is 141 cm³/mol. The molecule has 0 aliphatic carbocycles. The Kier molecular flexibility index (Phi) is 6.23. The van der Waals surface area contributed by atoms with Crippen LogP contribution in [0.2, 0.25) is 0 Å². The maximum absolute atomic E-state index is 14.1. The zero-order chi connectivity index (χ0) is 28.4. The van der Waals surface area contributed by atoms with Crippen molar-refractivity contribution in [3.8, 4) is 28.1 Å². The van der Waals surface area contributed by atoms with E-state index < -0.39 is 17.6 Å². The van der Waals surface area contributed by atoms with Crippen molar-refractivity contribution in [2.45, 2.75) is 20.0 Å². The lowest BCUT2D eigenvalue weighted by Crippen LogP contribution is -2.15. The number of alkyl halides is 3. The van der Waals surface area contributed by atoms with E-state index in [2.05, 4.69) is 25.3 Å². The van der Waals surface area contributed by atoms with E-state index in [0.29, 0.717) is 17.0 Å². The number of pyridine rings is 1. The van der Waals surface area contributed by atoms with Gasteiger partial charge in [-0.25, -0.2) is 15.0 Å². The van der Waals surface area contributed by atoms with E-state index in [1.807, 2.05) is 6.07 Å². The van der Waals surface area contributed by atoms with Crippen LogP contribution < -0.4 is 11.1 Å². The minimum atomic E-state index is -4.69. The first-order chi connectivity index (χ1) is 19.1. The molecule has 1 amide bonds. The van der Waals surface area contributed by atoms with Crippen LogP contribution in [0, 0.1) is 13.8 Å². The Hall–Kier alpha value is -5.06. The lowest BCUT2D eigenvalue weighted by Gasteiger charge is -2.19. The Morgan fingerprint density at radius 1 is 1.08 bits per heavy atom. The van der Waals surface area contributed by atoms with Gasteiger partial charge in [-0.15, -0.1) is 0 Å². The first-order valence-electron chi connectivity index (χ1n) is 12.3. The number of halogens is 3. The average molecular weight is 531 g/mol. The van der Waals surface area contributed by atoms with E-state index in [0.717, 1.165) is 17.7 Å². The van der Waals surface area contributed by atoms with Gasteiger partial charge >= 0.3 is 6.18 Å². The number of hydrogen-bond donors (Lipinski definition) is 2. The van der Waals surface area contributed by atoms with Crippen LogP contribution in [0.3, 0.4) is 0 Å². The summed E-state index contributed by atoms with van der Waals surface area (Å²) in [5, 5.41) is 3.05. The second-order valence-electron chi connectivity index (χ2n) is 8.71. The Bertz CT molecular complexity index is 1700. The van der Waals surface area contributed by atoms with Crippen molar-refractivity contribution in [3.05, 3.63) is 102 Å². The number of carbonyl (C=O) groups excluding carboxylic acids is 1. The van der Waals surface area contributed by atoms with Crippen molar-refractivity contribution in [3.63, 3.8) is 0 Å². The number of amides is 1. The monoisotopic (exact) mass is 530 g/mol. The quantitative estimate of drug-likeness (QED) is 0.284. The fraction of sp³-hybridized carbons (Fsp3) is 0.107. The zero-order valence-electron chi connectivity index (χ0n) is 21.6. The second kappa shape index (κ2) is 10.0. The van der Waals surface area contributed by atoms with Gasteiger partial charge in [0.05, 0.1) is 29.0 Å². The predicted octanol–water partition coefficient (Wildman–Crippen LogP) is 5.87. The molecule has 0 saturated heterocycles. The third-order valence-electron chi connectivity index (χ3n) is 5.95. The second-order valence-corrected chi connectivity index (χ2v) is 8.71. The molecule has 0 fully saturated rings. The summed E-state index contributed by atoms with van der Waals surface area (Å²) in [5.74, 6) is -0.742. The van der Waals surface area contributed by atoms with E-state index in [9.17, 15) is 18.0 Å². The van der Waals surface area contributed by atoms with Crippen LogP contribution in [0.1, 0.15) is 28.5 Å². The highest BCUT2D eigenvalue weighted by Crippen LogP contribution is 2.40. The van der Waals surface area contributed by atoms with Crippen molar-refractivity contribution in [1.29, 1.82) is 0 Å². The number of nitrogens with zero attached hydrogens (tertiary/aromatic N) is 5. The Labute approximate surface area is 222 Å². The van der Waals surface area contributed by atoms with Crippen LogP contribution in [0.5, 0.6) is 0 Å². The van der Waals surface area contributed by atoms with Gasteiger partial charge in [0.15, 0.2) is 0 Å². The molecule has 0 atom stereocenters. The molecule has 2 aromatic carbocycles. The standard InChI is InChI=1S/C28H22F3N7O/c1-16-5-6-22(26(32)39)24(25(16)37-27-34-9-7-23(36-27)18-4-3-8-33-13-18)19-10-20(28(29,30)31)12-21(11-19)38-14-17(2)35-15-38/h3-15H,1-2H3,(H2,32,39)(H,34,36,37)/i1D. The highest BCUT2D eigenvalue weighted by atomic mass is 19.4. The molecule has 3 N–H and O–H groups in total. The summed E-state index contributed by atoms with van der Waals surface area (Å²) in [6, 6.07) is 11.6. The van der Waals surface area contributed by atoms with Gasteiger partial charge in [0.1, 0.15) is 0 Å². The largest absolute Gasteiger partial charge is 0.416 e. The molecular weight excluding hydrogens is 507 g/mol. The number of anilines is 2. The van der Waals surface area contributed by atoms with Crippen LogP contribution >= 0.6 is 0 Å². The molecule has 5 rings (SSSR count). The van der Waals surface area contributed by atoms with E-state index in [4.69, 9.17) is 7.10 Å². The maximum Gasteiger partial charge on any atom is 0.416 e. The Morgan fingerprint density at radius 2 is 1.92 bits per heavy atom. The van der Waals surface area contributed by atoms with E-state index in [-0.39, 0.29) is 40.9 Å². The zero-order valence-corrected chi connectivity index (χ0v) is 20.6. The van der Waals surface area contributed by atoms with Gasteiger partial charge in [-0.1, -0.05) is 6.07 Å². The van der Waals surface area contributed by atoms with Gasteiger partial charge in [-0.3, -0.25) is 9.78 Å². The molecule has 39 heavy (non-hydrogen) atoms. The number of imidazole rings is 1. The molecule has 0 bridgehead atoms. The molecule has 0 saturated carbocycles. The molecule has 0 aliphatic rings. The van der Waals surface area contributed by atoms with Crippen LogP contribution in [0.25, 0.3) is 28.1 Å². The first-order valence-corrected chi connectivity index (χ1v) is 11.6. The van der Waals surface area contributed by atoms with Crippen LogP contribution in [0.4, 0.5) is 24.8 Å². The van der Waals surface area contributed by atoms with Gasteiger partial charge in [-0.05, 0) is 67.4 Å². The third-order valence-corrected chi connectivity index (χ3v) is 5.95. The molecule has 3 heterocycles. The third kappa shape index (κ3) is 5.33. The summed E-state index contributed by atoms with van der Waals surface area (Å²) >= 11 is 0. The number of rotatable bonds is 6. The molecule has 8 nitrogen and oxygen atoms in total. The Balaban J connectivity index is 1.73. The fourth-order valence-corrected chi connectivity index (χ4v) is 4.13.